The molecule has 0 aliphatic carbocycles. The average Bonchev–Trinajstić information content (AvgIpc) is 2.45. The monoisotopic (exact) mass is 293 g/mol. The summed E-state index contributed by atoms with van der Waals surface area (Å²) in [4.78, 5) is 11.9. The van der Waals surface area contributed by atoms with Crippen LogP contribution in [0.3, 0.4) is 0 Å². The summed E-state index contributed by atoms with van der Waals surface area (Å²) in [6.07, 6.45) is 3.39. The van der Waals surface area contributed by atoms with Crippen molar-refractivity contribution in [2.24, 2.45) is 0 Å². The molecule has 0 atom stereocenters. The molecule has 0 aromatic heterocycles. The zero-order valence-electron chi connectivity index (χ0n) is 13.7. The normalized spacial score (nSPS) is 11.6. The molecule has 0 aliphatic rings. The van der Waals surface area contributed by atoms with Gasteiger partial charge in [-0.1, -0.05) is 57.2 Å². The summed E-state index contributed by atoms with van der Waals surface area (Å²) < 4.78 is 0. The molecule has 0 unspecified atom stereocenters. The second-order valence-electron chi connectivity index (χ2n) is 6.56. The van der Waals surface area contributed by atoms with E-state index in [9.17, 15) is 4.79 Å². The number of aryl methyl sites for hydroxylation is 1. The van der Waals surface area contributed by atoms with E-state index in [4.69, 9.17) is 0 Å². The van der Waals surface area contributed by atoms with Crippen molar-refractivity contribution in [1.82, 2.24) is 0 Å². The van der Waals surface area contributed by atoms with Crippen molar-refractivity contribution in [2.45, 2.75) is 33.1 Å². The van der Waals surface area contributed by atoms with Crippen molar-refractivity contribution < 1.29 is 4.79 Å². The first-order valence-electron chi connectivity index (χ1n) is 7.51. The Morgan fingerprint density at radius 2 is 1.73 bits per heavy atom. The van der Waals surface area contributed by atoms with Crippen molar-refractivity contribution >= 4 is 17.7 Å². The number of amides is 1. The third-order valence-electron chi connectivity index (χ3n) is 3.49. The number of benzene rings is 2. The van der Waals surface area contributed by atoms with Crippen LogP contribution in [0.1, 0.15) is 37.5 Å². The molecule has 0 bridgehead atoms. The van der Waals surface area contributed by atoms with Gasteiger partial charge in [0.1, 0.15) is 0 Å². The fourth-order valence-electron chi connectivity index (χ4n) is 2.17. The molecular formula is C20H23NO. The highest BCUT2D eigenvalue weighted by Crippen LogP contribution is 2.22. The number of anilines is 1. The lowest BCUT2D eigenvalue weighted by atomic mass is 9.87. The Morgan fingerprint density at radius 1 is 1.05 bits per heavy atom. The van der Waals surface area contributed by atoms with Gasteiger partial charge in [-0.25, -0.2) is 0 Å². The molecular weight excluding hydrogens is 270 g/mol. The molecule has 0 saturated heterocycles. The molecule has 0 fully saturated rings. The molecule has 2 rings (SSSR count). The lowest BCUT2D eigenvalue weighted by molar-refractivity contribution is -0.111. The molecule has 0 aliphatic heterocycles. The number of hydrogen-bond acceptors (Lipinski definition) is 1. The Morgan fingerprint density at radius 3 is 2.32 bits per heavy atom. The van der Waals surface area contributed by atoms with E-state index in [-0.39, 0.29) is 11.3 Å². The van der Waals surface area contributed by atoms with Crippen LogP contribution in [0.5, 0.6) is 0 Å². The van der Waals surface area contributed by atoms with Crippen molar-refractivity contribution in [3.8, 4) is 0 Å². The van der Waals surface area contributed by atoms with Crippen molar-refractivity contribution in [3.05, 3.63) is 71.3 Å². The summed E-state index contributed by atoms with van der Waals surface area (Å²) in [7, 11) is 0. The predicted octanol–water partition coefficient (Wildman–Crippen LogP) is 4.94. The molecule has 22 heavy (non-hydrogen) atoms. The van der Waals surface area contributed by atoms with Gasteiger partial charge in [0.25, 0.3) is 0 Å². The van der Waals surface area contributed by atoms with Gasteiger partial charge in [0, 0.05) is 11.8 Å². The first kappa shape index (κ1) is 16.0. The zero-order chi connectivity index (χ0) is 16.2. The Balaban J connectivity index is 2.00. The van der Waals surface area contributed by atoms with Gasteiger partial charge in [0.05, 0.1) is 0 Å². The molecule has 2 nitrogen and oxygen atoms in total. The van der Waals surface area contributed by atoms with Gasteiger partial charge in [-0.3, -0.25) is 4.79 Å². The van der Waals surface area contributed by atoms with Crippen LogP contribution < -0.4 is 5.32 Å². The highest BCUT2D eigenvalue weighted by Gasteiger charge is 2.12. The molecule has 0 saturated carbocycles. The van der Waals surface area contributed by atoms with Crippen molar-refractivity contribution in [3.63, 3.8) is 0 Å². The van der Waals surface area contributed by atoms with Crippen LogP contribution in [0.15, 0.2) is 54.6 Å². The maximum absolute atomic E-state index is 11.9. The number of carbonyl (C=O) groups excluding carboxylic acids is 1. The second kappa shape index (κ2) is 6.61. The van der Waals surface area contributed by atoms with Gasteiger partial charge >= 0.3 is 0 Å². The summed E-state index contributed by atoms with van der Waals surface area (Å²) in [5, 5.41) is 2.86. The van der Waals surface area contributed by atoms with Crippen LogP contribution in [0.4, 0.5) is 5.69 Å². The number of carbonyl (C=O) groups is 1. The summed E-state index contributed by atoms with van der Waals surface area (Å²) in [5.74, 6) is -0.120. The summed E-state index contributed by atoms with van der Waals surface area (Å²) in [6, 6.07) is 16.1. The Kier molecular flexibility index (Phi) is 4.81. The zero-order valence-corrected chi connectivity index (χ0v) is 13.7. The second-order valence-corrected chi connectivity index (χ2v) is 6.56. The van der Waals surface area contributed by atoms with E-state index in [1.807, 2.05) is 49.4 Å². The van der Waals surface area contributed by atoms with Crippen molar-refractivity contribution in [2.75, 3.05) is 5.32 Å². The molecule has 0 spiro atoms. The first-order chi connectivity index (χ1) is 10.3. The van der Waals surface area contributed by atoms with E-state index in [1.165, 1.54) is 5.56 Å². The van der Waals surface area contributed by atoms with E-state index in [0.29, 0.717) is 0 Å². The minimum atomic E-state index is -0.120. The van der Waals surface area contributed by atoms with Gasteiger partial charge < -0.3 is 5.32 Å². The van der Waals surface area contributed by atoms with Crippen molar-refractivity contribution in [1.29, 1.82) is 0 Å². The summed E-state index contributed by atoms with van der Waals surface area (Å²) in [5.41, 5.74) is 4.39. The Bertz CT molecular complexity index is 676. The average molecular weight is 293 g/mol. The third-order valence-corrected chi connectivity index (χ3v) is 3.49. The van der Waals surface area contributed by atoms with Gasteiger partial charge in [-0.15, -0.1) is 0 Å². The molecule has 114 valence electrons. The van der Waals surface area contributed by atoms with Gasteiger partial charge in [-0.2, -0.15) is 0 Å². The molecule has 0 radical (unpaired) electrons. The number of hydrogen-bond donors (Lipinski definition) is 1. The van der Waals surface area contributed by atoms with Gasteiger partial charge in [0.2, 0.25) is 5.91 Å². The maximum Gasteiger partial charge on any atom is 0.248 e. The lowest BCUT2D eigenvalue weighted by Gasteiger charge is -2.18. The fraction of sp³-hybridized carbons (Fsp3) is 0.250. The van der Waals surface area contributed by atoms with E-state index >= 15 is 0 Å². The van der Waals surface area contributed by atoms with E-state index in [2.05, 4.69) is 38.2 Å². The quantitative estimate of drug-likeness (QED) is 0.797. The largest absolute Gasteiger partial charge is 0.323 e. The van der Waals surface area contributed by atoms with Crippen LogP contribution >= 0.6 is 0 Å². The van der Waals surface area contributed by atoms with E-state index in [1.54, 1.807) is 6.08 Å². The topological polar surface area (TPSA) is 29.1 Å². The number of nitrogens with one attached hydrogen (secondary N) is 1. The molecule has 1 N–H and O–H groups in total. The van der Waals surface area contributed by atoms with Crippen LogP contribution in [-0.2, 0) is 10.2 Å². The van der Waals surface area contributed by atoms with Crippen LogP contribution in [0.25, 0.3) is 6.08 Å². The van der Waals surface area contributed by atoms with Crippen LogP contribution in [0, 0.1) is 6.92 Å². The molecule has 2 aromatic rings. The van der Waals surface area contributed by atoms with E-state index < -0.39 is 0 Å². The Hall–Kier alpha value is -2.35. The fourth-order valence-corrected chi connectivity index (χ4v) is 2.17. The smallest absolute Gasteiger partial charge is 0.248 e. The summed E-state index contributed by atoms with van der Waals surface area (Å²) >= 11 is 0. The molecule has 2 aromatic carbocycles. The Labute approximate surface area is 132 Å². The summed E-state index contributed by atoms with van der Waals surface area (Å²) in [6.45, 7) is 8.57. The highest BCUT2D eigenvalue weighted by molar-refractivity contribution is 6.01. The lowest BCUT2D eigenvalue weighted by Crippen LogP contribution is -2.10. The maximum atomic E-state index is 11.9. The standard InChI is InChI=1S/C20H23NO/c1-15-6-5-7-18(14-15)21-19(22)13-10-16-8-11-17(12-9-16)20(2,3)4/h5-14H,1-4H3,(H,21,22)/b13-10+. The highest BCUT2D eigenvalue weighted by atomic mass is 16.1. The van der Waals surface area contributed by atoms with Crippen LogP contribution in [-0.4, -0.2) is 5.91 Å². The third kappa shape index (κ3) is 4.59. The molecule has 1 amide bonds. The molecule has 0 heterocycles. The minimum Gasteiger partial charge on any atom is -0.323 e. The first-order valence-corrected chi connectivity index (χ1v) is 7.51. The van der Waals surface area contributed by atoms with Crippen LogP contribution in [0.2, 0.25) is 0 Å². The van der Waals surface area contributed by atoms with E-state index in [0.717, 1.165) is 16.8 Å². The SMILES string of the molecule is Cc1cccc(NC(=O)/C=C/c2ccc(C(C)(C)C)cc2)c1. The predicted molar refractivity (Wildman–Crippen MR) is 94.0 cm³/mol. The minimum absolute atomic E-state index is 0.120. The van der Waals surface area contributed by atoms with Gasteiger partial charge in [-0.05, 0) is 47.2 Å². The number of rotatable bonds is 3. The van der Waals surface area contributed by atoms with Gasteiger partial charge in [0.15, 0.2) is 0 Å². The molecule has 2 heteroatoms.